The first-order valence-corrected chi connectivity index (χ1v) is 16.4. The van der Waals surface area contributed by atoms with Gasteiger partial charge in [-0.15, -0.1) is 0 Å². The number of carbonyl (C=O) groups is 9. The van der Waals surface area contributed by atoms with Crippen molar-refractivity contribution in [3.05, 3.63) is 34.9 Å². The smallest absolute Gasteiger partial charge is 0.335 e. The highest BCUT2D eigenvalue weighted by molar-refractivity contribution is 5.99. The fourth-order valence-corrected chi connectivity index (χ4v) is 3.53. The Morgan fingerprint density at radius 1 is 0.481 bits per heavy atom. The van der Waals surface area contributed by atoms with Crippen molar-refractivity contribution < 1.29 is 72.7 Å². The summed E-state index contributed by atoms with van der Waals surface area (Å²) in [5.41, 5.74) is 30.3. The Kier molecular flexibility index (Phi) is 27.2. The molecule has 306 valence electrons. The number of ether oxygens (including phenoxy) is 3. The topological polar surface area (TPSA) is 398 Å². The predicted octanol–water partition coefficient (Wildman–Crippen LogP) is -1.05. The number of benzene rings is 1. The first-order valence-electron chi connectivity index (χ1n) is 16.4. The van der Waals surface area contributed by atoms with E-state index in [0.717, 1.165) is 18.2 Å². The number of carboxylic acid groups (broad SMARTS) is 3. The van der Waals surface area contributed by atoms with Crippen molar-refractivity contribution in [2.24, 2.45) is 52.2 Å². The summed E-state index contributed by atoms with van der Waals surface area (Å²) in [6.07, 6.45) is 0.691. The zero-order chi connectivity index (χ0) is 42.9. The lowest BCUT2D eigenvalue weighted by Gasteiger charge is -2.13. The lowest BCUT2D eigenvalue weighted by Crippen LogP contribution is -2.36. The molecule has 3 unspecified atom stereocenters. The van der Waals surface area contributed by atoms with Gasteiger partial charge in [0.25, 0.3) is 0 Å². The van der Waals surface area contributed by atoms with Gasteiger partial charge in [0, 0.05) is 17.8 Å². The average Bonchev–Trinajstić information content (AvgIpc) is 3.08. The van der Waals surface area contributed by atoms with Gasteiger partial charge in [-0.25, -0.2) is 14.4 Å². The van der Waals surface area contributed by atoms with Crippen LogP contribution >= 0.6 is 0 Å². The van der Waals surface area contributed by atoms with Crippen molar-refractivity contribution in [1.29, 1.82) is 0 Å². The predicted molar refractivity (Wildman–Crippen MR) is 190 cm³/mol. The highest BCUT2D eigenvalue weighted by Crippen LogP contribution is 2.11. The van der Waals surface area contributed by atoms with E-state index in [0.29, 0.717) is 0 Å². The Hall–Kier alpha value is -5.67. The van der Waals surface area contributed by atoms with Gasteiger partial charge in [-0.3, -0.25) is 28.8 Å². The minimum Gasteiger partial charge on any atom is -0.478 e. The number of carbonyl (C=O) groups excluding carboxylic acids is 6. The van der Waals surface area contributed by atoms with Crippen molar-refractivity contribution >= 4 is 53.5 Å². The van der Waals surface area contributed by atoms with Crippen LogP contribution in [0.25, 0.3) is 0 Å². The molecule has 0 aliphatic heterocycles. The fourth-order valence-electron chi connectivity index (χ4n) is 3.53. The Balaban J connectivity index is -0.000000644. The molecule has 1 rings (SSSR count). The molecular weight excluding hydrogens is 720 g/mol. The van der Waals surface area contributed by atoms with Gasteiger partial charge in [0.15, 0.2) is 0 Å². The van der Waals surface area contributed by atoms with Gasteiger partial charge in [-0.1, -0.05) is 20.8 Å². The molecule has 0 fully saturated rings. The van der Waals surface area contributed by atoms with Crippen LogP contribution in [0.15, 0.2) is 18.2 Å². The number of aromatic carboxylic acids is 3. The Bertz CT molecular complexity index is 1260. The number of carboxylic acids is 3. The van der Waals surface area contributed by atoms with Gasteiger partial charge < -0.3 is 63.9 Å². The lowest BCUT2D eigenvalue weighted by atomic mass is 10.0. The van der Waals surface area contributed by atoms with E-state index in [1.54, 1.807) is 41.5 Å². The minimum atomic E-state index is -1.37. The van der Waals surface area contributed by atoms with Crippen molar-refractivity contribution in [2.45, 2.75) is 78.9 Å². The summed E-state index contributed by atoms with van der Waals surface area (Å²) in [5, 5.41) is 25.8. The quantitative estimate of drug-likeness (QED) is 0.0634. The van der Waals surface area contributed by atoms with Crippen LogP contribution in [0, 0.1) is 17.8 Å². The van der Waals surface area contributed by atoms with E-state index in [1.165, 1.54) is 0 Å². The Morgan fingerprint density at radius 3 is 0.796 bits per heavy atom. The normalized spacial score (nSPS) is 13.3. The summed E-state index contributed by atoms with van der Waals surface area (Å²) < 4.78 is 14.0. The molecule has 21 heteroatoms. The summed E-state index contributed by atoms with van der Waals surface area (Å²) in [6, 6.07) is 0.415. The van der Waals surface area contributed by atoms with Crippen LogP contribution in [-0.2, 0) is 43.0 Å². The number of rotatable bonds is 18. The summed E-state index contributed by atoms with van der Waals surface area (Å²) in [6.45, 7) is 10.8. The molecule has 1 aromatic carbocycles. The maximum absolute atomic E-state index is 11.0. The highest BCUT2D eigenvalue weighted by Gasteiger charge is 2.22. The first-order chi connectivity index (χ1) is 24.9. The van der Waals surface area contributed by atoms with Gasteiger partial charge in [0.1, 0.15) is 18.1 Å². The van der Waals surface area contributed by atoms with Gasteiger partial charge in [-0.2, -0.15) is 0 Å². The number of amides is 3. The molecule has 0 aliphatic rings. The van der Waals surface area contributed by atoms with Crippen molar-refractivity contribution in [1.82, 2.24) is 0 Å². The van der Waals surface area contributed by atoms with E-state index in [2.05, 4.69) is 14.2 Å². The molecule has 54 heavy (non-hydrogen) atoms. The summed E-state index contributed by atoms with van der Waals surface area (Å²) in [7, 11) is 0. The van der Waals surface area contributed by atoms with Gasteiger partial charge in [-0.05, 0) is 58.2 Å². The van der Waals surface area contributed by atoms with Crippen LogP contribution in [0.4, 0.5) is 0 Å². The number of hydrogen-bond acceptors (Lipinski definition) is 15. The average molecular weight is 775 g/mol. The molecule has 0 saturated carbocycles. The molecule has 0 aliphatic carbocycles. The molecular formula is C33H54N6O15. The van der Waals surface area contributed by atoms with E-state index in [1.807, 2.05) is 0 Å². The largest absolute Gasteiger partial charge is 0.478 e. The van der Waals surface area contributed by atoms with Gasteiger partial charge in [0.2, 0.25) is 17.7 Å². The maximum Gasteiger partial charge on any atom is 0.335 e. The van der Waals surface area contributed by atoms with Gasteiger partial charge >= 0.3 is 35.8 Å². The van der Waals surface area contributed by atoms with E-state index in [9.17, 15) is 43.2 Å². The molecule has 1 aromatic rings. The Morgan fingerprint density at radius 2 is 0.667 bits per heavy atom. The van der Waals surface area contributed by atoms with Gasteiger partial charge in [0.05, 0.1) is 36.5 Å². The maximum atomic E-state index is 11.0. The minimum absolute atomic E-state index is 0.230. The molecule has 6 atom stereocenters. The third-order valence-electron chi connectivity index (χ3n) is 6.72. The second-order valence-corrected chi connectivity index (χ2v) is 11.4. The second kappa shape index (κ2) is 27.9. The molecule has 15 N–H and O–H groups in total. The van der Waals surface area contributed by atoms with E-state index in [4.69, 9.17) is 49.7 Å². The fraction of sp³-hybridized carbons (Fsp3) is 0.545. The number of esters is 3. The van der Waals surface area contributed by atoms with Crippen LogP contribution in [0.5, 0.6) is 0 Å². The van der Waals surface area contributed by atoms with E-state index in [-0.39, 0.29) is 55.8 Å². The highest BCUT2D eigenvalue weighted by atomic mass is 16.5. The number of hydrogen-bond donors (Lipinski definition) is 9. The van der Waals surface area contributed by atoms with E-state index < -0.39 is 89.4 Å². The molecule has 21 nitrogen and oxygen atoms in total. The molecule has 0 saturated heterocycles. The molecule has 0 heterocycles. The van der Waals surface area contributed by atoms with Crippen LogP contribution in [-0.4, -0.2) is 107 Å². The third-order valence-corrected chi connectivity index (χ3v) is 6.72. The third kappa shape index (κ3) is 23.7. The summed E-state index contributed by atoms with van der Waals surface area (Å²) in [5.74, 6) is -8.18. The second-order valence-electron chi connectivity index (χ2n) is 11.4. The zero-order valence-corrected chi connectivity index (χ0v) is 31.1. The zero-order valence-electron chi connectivity index (χ0n) is 31.1. The molecule has 0 spiro atoms. The van der Waals surface area contributed by atoms with Crippen molar-refractivity contribution in [3.63, 3.8) is 0 Å². The standard InChI is InChI=1S/C9H6O6.3C8H16N2O3/c10-7(11)4-1-5(8(12)13)3-6(2-4)9(14)15;3*1-3-13-8(12)6(9)4-5(2)7(10)11/h1-3H,(H,10,11)(H,12,13)(H,14,15);3*5-6H,3-4,9H2,1-2H3,(H2,10,11)/t;3*5?,6-/m.000/s1. The number of primary amides is 3. The monoisotopic (exact) mass is 774 g/mol. The van der Waals surface area contributed by atoms with E-state index >= 15 is 0 Å². The van der Waals surface area contributed by atoms with Crippen LogP contribution in [0.2, 0.25) is 0 Å². The SMILES string of the molecule is CCOC(=O)[C@@H](N)CC(C)C(N)=O.CCOC(=O)[C@@H](N)CC(C)C(N)=O.CCOC(=O)[C@@H](N)CC(C)C(N)=O.O=C(O)c1cc(C(=O)O)cc(C(=O)O)c1. The molecule has 0 aromatic heterocycles. The van der Waals surface area contributed by atoms with Crippen LogP contribution in [0.3, 0.4) is 0 Å². The van der Waals surface area contributed by atoms with Crippen LogP contribution in [0.1, 0.15) is 91.9 Å². The summed E-state index contributed by atoms with van der Waals surface area (Å²) in [4.78, 5) is 96.6. The Labute approximate surface area is 312 Å². The number of nitrogens with two attached hydrogens (primary N) is 6. The van der Waals surface area contributed by atoms with Crippen molar-refractivity contribution in [3.8, 4) is 0 Å². The first kappa shape index (κ1) is 52.7. The van der Waals surface area contributed by atoms with Crippen molar-refractivity contribution in [2.75, 3.05) is 19.8 Å². The summed E-state index contributed by atoms with van der Waals surface area (Å²) >= 11 is 0. The lowest BCUT2D eigenvalue weighted by molar-refractivity contribution is -0.146. The van der Waals surface area contributed by atoms with Crippen LogP contribution < -0.4 is 34.4 Å². The molecule has 0 radical (unpaired) electrons. The molecule has 3 amide bonds. The molecule has 0 bridgehead atoms.